The minimum atomic E-state index is -3.25. The van der Waals surface area contributed by atoms with Gasteiger partial charge in [0.2, 0.25) is 10.0 Å². The lowest BCUT2D eigenvalue weighted by Gasteiger charge is -2.09. The average molecular weight is 285 g/mol. The molecule has 0 aliphatic rings. The Morgan fingerprint density at radius 2 is 2.26 bits per heavy atom. The highest BCUT2D eigenvalue weighted by Crippen LogP contribution is 2.15. The SMILES string of the molecule is CNS(=O)(=O)CCNc1nc(NN)cn2ccnc12. The first-order valence-electron chi connectivity index (χ1n) is 5.51. The number of nitrogens with zero attached hydrogens (tertiary/aromatic N) is 3. The smallest absolute Gasteiger partial charge is 0.213 e. The van der Waals surface area contributed by atoms with E-state index in [0.717, 1.165) is 0 Å². The predicted octanol–water partition coefficient (Wildman–Crippen LogP) is -1.02. The number of nitrogen functional groups attached to an aromatic ring is 1. The third-order valence-electron chi connectivity index (χ3n) is 2.50. The highest BCUT2D eigenvalue weighted by Gasteiger charge is 2.09. The fraction of sp³-hybridized carbons (Fsp3) is 0.333. The van der Waals surface area contributed by atoms with Gasteiger partial charge in [-0.25, -0.2) is 29.0 Å². The monoisotopic (exact) mass is 285 g/mol. The highest BCUT2D eigenvalue weighted by molar-refractivity contribution is 7.89. The van der Waals surface area contributed by atoms with Gasteiger partial charge in [-0.1, -0.05) is 0 Å². The number of nitrogens with two attached hydrogens (primary N) is 1. The van der Waals surface area contributed by atoms with E-state index in [4.69, 9.17) is 5.84 Å². The summed E-state index contributed by atoms with van der Waals surface area (Å²) in [6, 6.07) is 0. The van der Waals surface area contributed by atoms with Crippen molar-refractivity contribution in [3.63, 3.8) is 0 Å². The number of imidazole rings is 1. The van der Waals surface area contributed by atoms with Crippen LogP contribution >= 0.6 is 0 Å². The van der Waals surface area contributed by atoms with Gasteiger partial charge < -0.3 is 15.1 Å². The van der Waals surface area contributed by atoms with Crippen LogP contribution in [0.5, 0.6) is 0 Å². The average Bonchev–Trinajstić information content (AvgIpc) is 2.86. The lowest BCUT2D eigenvalue weighted by molar-refractivity contribution is 0.588. The zero-order chi connectivity index (χ0) is 13.9. The Balaban J connectivity index is 2.17. The number of rotatable bonds is 6. The van der Waals surface area contributed by atoms with Crippen molar-refractivity contribution in [2.75, 3.05) is 30.1 Å². The van der Waals surface area contributed by atoms with Crippen molar-refractivity contribution in [2.24, 2.45) is 5.84 Å². The molecule has 2 heterocycles. The summed E-state index contributed by atoms with van der Waals surface area (Å²) >= 11 is 0. The van der Waals surface area contributed by atoms with E-state index in [0.29, 0.717) is 17.3 Å². The van der Waals surface area contributed by atoms with Crippen molar-refractivity contribution in [1.29, 1.82) is 0 Å². The first kappa shape index (κ1) is 13.5. The second-order valence-electron chi connectivity index (χ2n) is 3.73. The normalized spacial score (nSPS) is 11.7. The Morgan fingerprint density at radius 3 is 2.95 bits per heavy atom. The van der Waals surface area contributed by atoms with Gasteiger partial charge in [0.15, 0.2) is 17.3 Å². The molecule has 0 aliphatic carbocycles. The Morgan fingerprint density at radius 1 is 1.47 bits per heavy atom. The van der Waals surface area contributed by atoms with Crippen molar-refractivity contribution < 1.29 is 8.42 Å². The molecule has 0 radical (unpaired) electrons. The number of hydrogen-bond acceptors (Lipinski definition) is 7. The van der Waals surface area contributed by atoms with E-state index in [9.17, 15) is 8.42 Å². The van der Waals surface area contributed by atoms with Crippen molar-refractivity contribution in [1.82, 2.24) is 19.1 Å². The van der Waals surface area contributed by atoms with Gasteiger partial charge in [0.1, 0.15) is 0 Å². The molecule has 0 atom stereocenters. The Hall–Kier alpha value is -1.91. The molecule has 10 heteroatoms. The number of sulfonamides is 1. The minimum absolute atomic E-state index is 0.0572. The van der Waals surface area contributed by atoms with Gasteiger partial charge in [-0.2, -0.15) is 0 Å². The molecule has 2 aromatic heterocycles. The summed E-state index contributed by atoms with van der Waals surface area (Å²) in [5.74, 6) is 6.17. The van der Waals surface area contributed by atoms with Crippen LogP contribution in [0.2, 0.25) is 0 Å². The molecule has 0 unspecified atom stereocenters. The summed E-state index contributed by atoms with van der Waals surface area (Å²) in [7, 11) is -1.88. The minimum Gasteiger partial charge on any atom is -0.366 e. The molecule has 0 bridgehead atoms. The molecular formula is C9H15N7O2S. The second kappa shape index (κ2) is 5.38. The molecule has 0 amide bonds. The third kappa shape index (κ3) is 3.10. The summed E-state index contributed by atoms with van der Waals surface area (Å²) in [5, 5.41) is 2.93. The zero-order valence-electron chi connectivity index (χ0n) is 10.3. The summed E-state index contributed by atoms with van der Waals surface area (Å²) in [5.41, 5.74) is 3.03. The topological polar surface area (TPSA) is 126 Å². The van der Waals surface area contributed by atoms with Crippen molar-refractivity contribution in [3.05, 3.63) is 18.6 Å². The quantitative estimate of drug-likeness (QED) is 0.395. The number of hydrazine groups is 1. The van der Waals surface area contributed by atoms with E-state index in [1.807, 2.05) is 0 Å². The van der Waals surface area contributed by atoms with E-state index in [1.54, 1.807) is 23.0 Å². The predicted molar refractivity (Wildman–Crippen MR) is 72.1 cm³/mol. The molecule has 0 fully saturated rings. The van der Waals surface area contributed by atoms with Crippen LogP contribution in [0, 0.1) is 0 Å². The van der Waals surface area contributed by atoms with Crippen LogP contribution in [0.3, 0.4) is 0 Å². The number of anilines is 2. The largest absolute Gasteiger partial charge is 0.366 e. The maximum atomic E-state index is 11.3. The van der Waals surface area contributed by atoms with Crippen LogP contribution in [-0.2, 0) is 10.0 Å². The molecular weight excluding hydrogens is 270 g/mol. The van der Waals surface area contributed by atoms with Gasteiger partial charge >= 0.3 is 0 Å². The van der Waals surface area contributed by atoms with Gasteiger partial charge in [0, 0.05) is 18.9 Å². The zero-order valence-corrected chi connectivity index (χ0v) is 11.1. The molecule has 19 heavy (non-hydrogen) atoms. The van der Waals surface area contributed by atoms with E-state index in [2.05, 4.69) is 25.4 Å². The standard InChI is InChI=1S/C9H15N7O2S/c1-11-19(17,18)5-3-12-8-9-13-2-4-16(9)6-7(14-8)15-10/h2,4,6,11,15H,3,5,10H2,1H3,(H,12,14). The number of aromatic nitrogens is 3. The van der Waals surface area contributed by atoms with E-state index >= 15 is 0 Å². The van der Waals surface area contributed by atoms with Crippen LogP contribution in [0.25, 0.3) is 5.65 Å². The Labute approximate surface area is 110 Å². The van der Waals surface area contributed by atoms with Crippen molar-refractivity contribution >= 4 is 27.3 Å². The number of fused-ring (bicyclic) bond motifs is 1. The van der Waals surface area contributed by atoms with Gasteiger partial charge in [-0.3, -0.25) is 0 Å². The summed E-state index contributed by atoms with van der Waals surface area (Å²) in [4.78, 5) is 8.32. The molecule has 0 spiro atoms. The van der Waals surface area contributed by atoms with Crippen molar-refractivity contribution in [3.8, 4) is 0 Å². The molecule has 0 aromatic carbocycles. The molecule has 5 N–H and O–H groups in total. The van der Waals surface area contributed by atoms with Crippen LogP contribution in [0.1, 0.15) is 0 Å². The van der Waals surface area contributed by atoms with E-state index in [-0.39, 0.29) is 12.3 Å². The molecule has 0 aliphatic heterocycles. The molecule has 9 nitrogen and oxygen atoms in total. The maximum absolute atomic E-state index is 11.3. The van der Waals surface area contributed by atoms with Gasteiger partial charge in [-0.05, 0) is 7.05 Å². The lowest BCUT2D eigenvalue weighted by Crippen LogP contribution is -2.26. The summed E-state index contributed by atoms with van der Waals surface area (Å²) in [6.45, 7) is 0.215. The van der Waals surface area contributed by atoms with Crippen LogP contribution in [0.4, 0.5) is 11.6 Å². The fourth-order valence-electron chi connectivity index (χ4n) is 1.53. The van der Waals surface area contributed by atoms with Gasteiger partial charge in [-0.15, -0.1) is 0 Å². The van der Waals surface area contributed by atoms with Crippen molar-refractivity contribution in [2.45, 2.75) is 0 Å². The number of nitrogens with one attached hydrogen (secondary N) is 3. The fourth-order valence-corrected chi connectivity index (χ4v) is 2.10. The van der Waals surface area contributed by atoms with Crippen LogP contribution in [-0.4, -0.2) is 42.1 Å². The van der Waals surface area contributed by atoms with Crippen LogP contribution < -0.4 is 21.3 Å². The summed E-state index contributed by atoms with van der Waals surface area (Å²) < 4.78 is 26.6. The van der Waals surface area contributed by atoms with Gasteiger partial charge in [0.25, 0.3) is 0 Å². The Bertz CT molecular complexity index is 666. The first-order valence-corrected chi connectivity index (χ1v) is 7.16. The molecule has 104 valence electrons. The molecule has 2 aromatic rings. The van der Waals surface area contributed by atoms with Crippen LogP contribution in [0.15, 0.2) is 18.6 Å². The number of hydrogen-bond donors (Lipinski definition) is 4. The highest BCUT2D eigenvalue weighted by atomic mass is 32.2. The molecule has 2 rings (SSSR count). The van der Waals surface area contributed by atoms with E-state index in [1.165, 1.54) is 7.05 Å². The van der Waals surface area contributed by atoms with E-state index < -0.39 is 10.0 Å². The second-order valence-corrected chi connectivity index (χ2v) is 5.77. The molecule has 0 saturated heterocycles. The maximum Gasteiger partial charge on any atom is 0.213 e. The van der Waals surface area contributed by atoms with Gasteiger partial charge in [0.05, 0.1) is 11.9 Å². The lowest BCUT2D eigenvalue weighted by atomic mass is 10.5. The third-order valence-corrected chi connectivity index (χ3v) is 3.86. The first-order chi connectivity index (χ1) is 9.05. The Kier molecular flexibility index (Phi) is 3.83. The summed E-state index contributed by atoms with van der Waals surface area (Å²) in [6.07, 6.45) is 5.04. The molecule has 0 saturated carbocycles.